The second-order valence-corrected chi connectivity index (χ2v) is 4.67. The molecule has 0 bridgehead atoms. The normalized spacial score (nSPS) is 33.6. The fourth-order valence-electron chi connectivity index (χ4n) is 2.04. The van der Waals surface area contributed by atoms with Crippen LogP contribution in [0.15, 0.2) is 60.7 Å². The molecule has 1 fully saturated rings. The van der Waals surface area contributed by atoms with Crippen LogP contribution in [0.2, 0.25) is 0 Å². The molecule has 1 unspecified atom stereocenters. The van der Waals surface area contributed by atoms with Crippen molar-refractivity contribution in [2.75, 3.05) is 26.0 Å². The van der Waals surface area contributed by atoms with E-state index in [0.717, 1.165) is 9.80 Å². The highest BCUT2D eigenvalue weighted by Crippen LogP contribution is 2.11. The summed E-state index contributed by atoms with van der Waals surface area (Å²) in [7, 11) is 0. The van der Waals surface area contributed by atoms with Gasteiger partial charge in [0.15, 0.2) is 0 Å². The molecule has 0 aromatic heterocycles. The maximum absolute atomic E-state index is 8.43. The number of hydrogen-bond donors (Lipinski definition) is 0. The minimum absolute atomic E-state index is 0.0554. The predicted molar refractivity (Wildman–Crippen MR) is 83.4 cm³/mol. The molecule has 2 aromatic carbocycles. The van der Waals surface area contributed by atoms with Crippen molar-refractivity contribution in [1.29, 1.82) is 0 Å². The summed E-state index contributed by atoms with van der Waals surface area (Å²) in [4.78, 5) is 1.79. The largest absolute Gasteiger partial charge is 0.297 e. The van der Waals surface area contributed by atoms with E-state index in [9.17, 15) is 0 Å². The zero-order valence-electron chi connectivity index (χ0n) is 18.2. The van der Waals surface area contributed by atoms with Gasteiger partial charge in [-0.15, -0.1) is 0 Å². The molecule has 0 N–H and O–H groups in total. The van der Waals surface area contributed by atoms with Gasteiger partial charge in [-0.3, -0.25) is 9.80 Å². The van der Waals surface area contributed by atoms with Crippen molar-refractivity contribution in [3.8, 4) is 0 Å². The number of rotatable bonds is 4. The smallest absolute Gasteiger partial charge is 0.0444 e. The Morgan fingerprint density at radius 1 is 0.700 bits per heavy atom. The highest BCUT2D eigenvalue weighted by molar-refractivity contribution is 5.15. The quantitative estimate of drug-likeness (QED) is 0.845. The monoisotopic (exact) mass is 273 g/mol. The lowest BCUT2D eigenvalue weighted by molar-refractivity contribution is 0.122. The van der Waals surface area contributed by atoms with Gasteiger partial charge in [-0.1, -0.05) is 60.7 Å². The zero-order chi connectivity index (χ0) is 19.9. The highest BCUT2D eigenvalue weighted by atomic mass is 15.3. The molecule has 0 amide bonds. The van der Waals surface area contributed by atoms with E-state index in [0.29, 0.717) is 11.1 Å². The Hall–Kier alpha value is -1.64. The fraction of sp³-hybridized carbons (Fsp3) is 0.333. The van der Waals surface area contributed by atoms with Crippen LogP contribution in [-0.2, 0) is 13.1 Å². The van der Waals surface area contributed by atoms with Crippen molar-refractivity contribution in [3.05, 3.63) is 71.8 Å². The lowest BCUT2D eigenvalue weighted by Crippen LogP contribution is -2.45. The van der Waals surface area contributed by atoms with Crippen LogP contribution in [-0.4, -0.2) is 35.8 Å². The van der Waals surface area contributed by atoms with Crippen molar-refractivity contribution in [2.24, 2.45) is 0 Å². The van der Waals surface area contributed by atoms with Crippen LogP contribution in [0.25, 0.3) is 0 Å². The second-order valence-electron chi connectivity index (χ2n) is 4.67. The van der Waals surface area contributed by atoms with Crippen molar-refractivity contribution in [3.63, 3.8) is 0 Å². The number of piperazine rings is 1. The number of benzene rings is 2. The van der Waals surface area contributed by atoms with E-state index in [4.69, 9.17) is 9.60 Å². The van der Waals surface area contributed by atoms with Crippen LogP contribution < -0.4 is 0 Å². The van der Waals surface area contributed by atoms with Crippen LogP contribution in [0.1, 0.15) is 20.7 Å². The van der Waals surface area contributed by atoms with Crippen molar-refractivity contribution < 1.29 is 9.60 Å². The fourth-order valence-corrected chi connectivity index (χ4v) is 2.04. The third-order valence-corrected chi connectivity index (χ3v) is 3.08. The van der Waals surface area contributed by atoms with E-state index in [-0.39, 0.29) is 13.1 Å². The van der Waals surface area contributed by atoms with Gasteiger partial charge < -0.3 is 0 Å². The van der Waals surface area contributed by atoms with Crippen LogP contribution >= 0.6 is 0 Å². The molecule has 1 saturated heterocycles. The van der Waals surface area contributed by atoms with Gasteiger partial charge in [0.1, 0.15) is 0 Å². The Kier molecular flexibility index (Phi) is 2.47. The molecule has 20 heavy (non-hydrogen) atoms. The minimum Gasteiger partial charge on any atom is -0.297 e. The Balaban J connectivity index is 1.98. The lowest BCUT2D eigenvalue weighted by Gasteiger charge is -2.34. The Bertz CT molecular complexity index is 768. The summed E-state index contributed by atoms with van der Waals surface area (Å²) in [6.45, 7) is -9.37. The van der Waals surface area contributed by atoms with Crippen molar-refractivity contribution in [1.82, 2.24) is 9.80 Å². The Morgan fingerprint density at radius 2 is 1.20 bits per heavy atom. The summed E-state index contributed by atoms with van der Waals surface area (Å²) in [6, 6.07) is 17.7. The van der Waals surface area contributed by atoms with E-state index < -0.39 is 26.0 Å². The van der Waals surface area contributed by atoms with Crippen molar-refractivity contribution in [2.45, 2.75) is 13.1 Å². The molecule has 104 valence electrons. The third kappa shape index (κ3) is 3.69. The van der Waals surface area contributed by atoms with E-state index in [2.05, 4.69) is 0 Å². The topological polar surface area (TPSA) is 6.48 Å². The molecule has 2 heteroatoms. The van der Waals surface area contributed by atoms with Gasteiger partial charge in [0.05, 0.1) is 0 Å². The average molecular weight is 273 g/mol. The van der Waals surface area contributed by atoms with Crippen LogP contribution in [0, 0.1) is 0 Å². The predicted octanol–water partition coefficient (Wildman–Crippen LogP) is 3.00. The van der Waals surface area contributed by atoms with Crippen molar-refractivity contribution >= 4 is 0 Å². The van der Waals surface area contributed by atoms with Gasteiger partial charge >= 0.3 is 0 Å². The Labute approximate surface area is 131 Å². The molecule has 0 aliphatic carbocycles. The maximum Gasteiger partial charge on any atom is 0.0444 e. The highest BCUT2D eigenvalue weighted by Gasteiger charge is 2.16. The number of nitrogens with zero attached hydrogens (tertiary/aromatic N) is 2. The summed E-state index contributed by atoms with van der Waals surface area (Å²) < 4.78 is 59.0. The van der Waals surface area contributed by atoms with Gasteiger partial charge in [-0.05, 0) is 11.1 Å². The summed E-state index contributed by atoms with van der Waals surface area (Å²) >= 11 is 0. The lowest BCUT2D eigenvalue weighted by atomic mass is 10.1. The third-order valence-electron chi connectivity index (χ3n) is 3.08. The summed E-state index contributed by atoms with van der Waals surface area (Å²) in [5, 5.41) is 0. The standard InChI is InChI=1S/C18H22N2/c1-3-7-17(8-4-1)15-19-11-13-20(14-12-19)16-18-9-5-2-6-10-18/h1-10H,11-16H2/i11D,12D2,13D2,14D2. The molecule has 1 atom stereocenters. The van der Waals surface area contributed by atoms with Gasteiger partial charge in [-0.2, -0.15) is 0 Å². The molecule has 1 aliphatic rings. The van der Waals surface area contributed by atoms with Crippen LogP contribution in [0.5, 0.6) is 0 Å². The van der Waals surface area contributed by atoms with Gasteiger partial charge in [0.2, 0.25) is 0 Å². The second kappa shape index (κ2) is 6.69. The molecule has 2 nitrogen and oxygen atoms in total. The van der Waals surface area contributed by atoms with Gasteiger partial charge in [-0.25, -0.2) is 0 Å². The average Bonchev–Trinajstić information content (AvgIpc) is 2.64. The first-order valence-corrected chi connectivity index (χ1v) is 6.63. The minimum atomic E-state index is -2.64. The molecular weight excluding hydrogens is 244 g/mol. The molecular formula is C18H22N2. The van der Waals surface area contributed by atoms with E-state index in [1.165, 1.54) is 0 Å². The van der Waals surface area contributed by atoms with Gasteiger partial charge in [0, 0.05) is 48.7 Å². The summed E-state index contributed by atoms with van der Waals surface area (Å²) in [6.07, 6.45) is 0. The molecule has 3 rings (SSSR count). The van der Waals surface area contributed by atoms with E-state index in [1.54, 1.807) is 54.6 Å². The summed E-state index contributed by atoms with van der Waals surface area (Å²) in [5.74, 6) is 0. The first-order chi connectivity index (χ1) is 12.6. The SMILES string of the molecule is [2H]C1N(Cc2ccccc2)C([2H])([2H])C([2H])([2H])N(Cc2ccccc2)C1([2H])[2H]. The number of hydrogen-bond acceptors (Lipinski definition) is 2. The first kappa shape index (κ1) is 7.39. The first-order valence-electron chi connectivity index (χ1n) is 10.2. The zero-order valence-corrected chi connectivity index (χ0v) is 11.2. The van der Waals surface area contributed by atoms with E-state index >= 15 is 0 Å². The molecule has 0 radical (unpaired) electrons. The molecule has 2 aromatic rings. The maximum atomic E-state index is 8.43. The van der Waals surface area contributed by atoms with Crippen LogP contribution in [0.4, 0.5) is 0 Å². The molecule has 1 heterocycles. The molecule has 1 aliphatic heterocycles. The molecule has 0 saturated carbocycles. The van der Waals surface area contributed by atoms with E-state index in [1.807, 2.05) is 6.07 Å². The van der Waals surface area contributed by atoms with Gasteiger partial charge in [0.25, 0.3) is 0 Å². The van der Waals surface area contributed by atoms with Crippen LogP contribution in [0.3, 0.4) is 0 Å². The Morgan fingerprint density at radius 3 is 1.80 bits per heavy atom. The molecule has 0 spiro atoms. The summed E-state index contributed by atoms with van der Waals surface area (Å²) in [5.41, 5.74) is 1.35.